The molecule has 1 aromatic carbocycles. The lowest BCUT2D eigenvalue weighted by atomic mass is 10.00. The number of methoxy groups -OCH3 is 2. The third-order valence-corrected chi connectivity index (χ3v) is 4.27. The van der Waals surface area contributed by atoms with E-state index in [2.05, 4.69) is 10.2 Å². The first-order chi connectivity index (χ1) is 10.6. The summed E-state index contributed by atoms with van der Waals surface area (Å²) in [5, 5.41) is 3.35. The normalized spacial score (nSPS) is 18.8. The number of nitrogens with zero attached hydrogens (tertiary/aromatic N) is 1. The van der Waals surface area contributed by atoms with Crippen LogP contribution >= 0.6 is 11.6 Å². The quantitative estimate of drug-likeness (QED) is 0.903. The Morgan fingerprint density at radius 1 is 1.36 bits per heavy atom. The summed E-state index contributed by atoms with van der Waals surface area (Å²) < 4.78 is 10.8. The molecule has 0 saturated carbocycles. The van der Waals surface area contributed by atoms with Gasteiger partial charge in [-0.05, 0) is 25.5 Å². The Morgan fingerprint density at radius 3 is 2.77 bits per heavy atom. The summed E-state index contributed by atoms with van der Waals surface area (Å²) in [6.07, 6.45) is 3.04. The molecule has 2 rings (SSSR count). The third-order valence-electron chi connectivity index (χ3n) is 4.06. The average molecular weight is 327 g/mol. The first kappa shape index (κ1) is 16.9. The number of nitrogens with one attached hydrogen (secondary N) is 1. The number of likely N-dealkylation sites (N-methyl/N-ethyl adjacent to an activating group) is 1. The lowest BCUT2D eigenvalue weighted by Gasteiger charge is -2.34. The maximum absolute atomic E-state index is 12.1. The number of ether oxygens (including phenoxy) is 2. The van der Waals surface area contributed by atoms with Crippen LogP contribution in [0.3, 0.4) is 0 Å². The third kappa shape index (κ3) is 3.65. The van der Waals surface area contributed by atoms with E-state index in [0.717, 1.165) is 31.4 Å². The van der Waals surface area contributed by atoms with Crippen molar-refractivity contribution >= 4 is 17.5 Å². The van der Waals surface area contributed by atoms with E-state index in [0.29, 0.717) is 23.1 Å². The van der Waals surface area contributed by atoms with Crippen LogP contribution in [-0.2, 0) is 11.3 Å². The second-order valence-corrected chi connectivity index (χ2v) is 5.83. The van der Waals surface area contributed by atoms with Crippen molar-refractivity contribution in [3.05, 3.63) is 22.7 Å². The molecule has 1 aromatic rings. The lowest BCUT2D eigenvalue weighted by Crippen LogP contribution is -2.48. The van der Waals surface area contributed by atoms with Gasteiger partial charge in [-0.2, -0.15) is 0 Å². The summed E-state index contributed by atoms with van der Waals surface area (Å²) in [7, 11) is 4.88. The number of piperidine rings is 1. The molecule has 1 fully saturated rings. The molecule has 1 saturated heterocycles. The van der Waals surface area contributed by atoms with Crippen LogP contribution in [-0.4, -0.2) is 44.7 Å². The summed E-state index contributed by atoms with van der Waals surface area (Å²) in [5.41, 5.74) is 0.933. The van der Waals surface area contributed by atoms with Gasteiger partial charge in [0.1, 0.15) is 0 Å². The van der Waals surface area contributed by atoms with Gasteiger partial charge in [0.15, 0.2) is 11.5 Å². The number of rotatable bonds is 5. The minimum Gasteiger partial charge on any atom is -0.493 e. The number of hydrogen-bond acceptors (Lipinski definition) is 4. The molecule has 1 N–H and O–H groups in total. The molecule has 0 aromatic heterocycles. The molecular weight excluding hydrogens is 304 g/mol. The second kappa shape index (κ2) is 7.70. The summed E-state index contributed by atoms with van der Waals surface area (Å²) in [5.74, 6) is 1.35. The van der Waals surface area contributed by atoms with Gasteiger partial charge >= 0.3 is 0 Å². The van der Waals surface area contributed by atoms with E-state index in [1.54, 1.807) is 27.3 Å². The molecule has 0 spiro atoms. The molecule has 6 heteroatoms. The van der Waals surface area contributed by atoms with E-state index >= 15 is 0 Å². The molecule has 0 aliphatic carbocycles. The van der Waals surface area contributed by atoms with E-state index in [1.807, 2.05) is 6.07 Å². The van der Waals surface area contributed by atoms with Gasteiger partial charge in [0, 0.05) is 30.2 Å². The van der Waals surface area contributed by atoms with Crippen LogP contribution in [0.2, 0.25) is 5.02 Å². The largest absolute Gasteiger partial charge is 0.493 e. The number of benzene rings is 1. The zero-order chi connectivity index (χ0) is 16.1. The van der Waals surface area contributed by atoms with Gasteiger partial charge in [-0.1, -0.05) is 18.0 Å². The topological polar surface area (TPSA) is 50.8 Å². The Balaban J connectivity index is 2.28. The summed E-state index contributed by atoms with van der Waals surface area (Å²) in [4.78, 5) is 14.3. The number of carbonyl (C=O) groups excluding carboxylic acids is 1. The number of likely N-dealkylation sites (tertiary alicyclic amines) is 1. The highest BCUT2D eigenvalue weighted by molar-refractivity contribution is 6.30. The van der Waals surface area contributed by atoms with Crippen molar-refractivity contribution in [3.63, 3.8) is 0 Å². The molecule has 1 aliphatic heterocycles. The van der Waals surface area contributed by atoms with Gasteiger partial charge in [-0.3, -0.25) is 9.69 Å². The zero-order valence-corrected chi connectivity index (χ0v) is 14.1. The highest BCUT2D eigenvalue weighted by Crippen LogP contribution is 2.36. The molecule has 1 atom stereocenters. The van der Waals surface area contributed by atoms with Crippen LogP contribution in [0.15, 0.2) is 12.1 Å². The summed E-state index contributed by atoms with van der Waals surface area (Å²) >= 11 is 6.17. The summed E-state index contributed by atoms with van der Waals surface area (Å²) in [6, 6.07) is 3.50. The van der Waals surface area contributed by atoms with E-state index in [-0.39, 0.29) is 11.9 Å². The highest BCUT2D eigenvalue weighted by atomic mass is 35.5. The SMILES string of the molecule is CNC(=O)[C@@H]1CCCCN1Cc1cc(Cl)cc(OC)c1OC. The van der Waals surface area contributed by atoms with Gasteiger partial charge in [0.2, 0.25) is 5.91 Å². The van der Waals surface area contributed by atoms with Crippen molar-refractivity contribution in [1.29, 1.82) is 0 Å². The van der Waals surface area contributed by atoms with Crippen molar-refractivity contribution in [2.24, 2.45) is 0 Å². The first-order valence-corrected chi connectivity index (χ1v) is 7.84. The maximum atomic E-state index is 12.1. The van der Waals surface area contributed by atoms with Gasteiger partial charge in [-0.15, -0.1) is 0 Å². The summed E-state index contributed by atoms with van der Waals surface area (Å²) in [6.45, 7) is 1.49. The fraction of sp³-hybridized carbons (Fsp3) is 0.562. The standard InChI is InChI=1S/C16H23ClN2O3/c1-18-16(20)13-6-4-5-7-19(13)10-11-8-12(17)9-14(21-2)15(11)22-3/h8-9,13H,4-7,10H2,1-3H3,(H,18,20)/t13-/m0/s1. The Morgan fingerprint density at radius 2 is 2.14 bits per heavy atom. The molecule has 1 aliphatic rings. The predicted octanol–water partition coefficient (Wildman–Crippen LogP) is 2.46. The van der Waals surface area contributed by atoms with E-state index in [1.165, 1.54) is 0 Å². The van der Waals surface area contributed by atoms with Gasteiger partial charge in [0.25, 0.3) is 0 Å². The molecule has 0 unspecified atom stereocenters. The van der Waals surface area contributed by atoms with Crippen molar-refractivity contribution in [2.75, 3.05) is 27.8 Å². The predicted molar refractivity (Wildman–Crippen MR) is 86.7 cm³/mol. The molecule has 0 radical (unpaired) electrons. The minimum absolute atomic E-state index is 0.0626. The van der Waals surface area contributed by atoms with Crippen LogP contribution in [0, 0.1) is 0 Å². The average Bonchev–Trinajstić information content (AvgIpc) is 2.54. The molecule has 1 amide bonds. The smallest absolute Gasteiger partial charge is 0.237 e. The molecular formula is C16H23ClN2O3. The van der Waals surface area contributed by atoms with Crippen LogP contribution < -0.4 is 14.8 Å². The van der Waals surface area contributed by atoms with Crippen LogP contribution in [0.25, 0.3) is 0 Å². The fourth-order valence-corrected chi connectivity index (χ4v) is 3.22. The Hall–Kier alpha value is -1.46. The minimum atomic E-state index is -0.103. The molecule has 1 heterocycles. The van der Waals surface area contributed by atoms with Gasteiger partial charge in [-0.25, -0.2) is 0 Å². The van der Waals surface area contributed by atoms with E-state index < -0.39 is 0 Å². The number of carbonyl (C=O) groups is 1. The van der Waals surface area contributed by atoms with Crippen LogP contribution in [0.5, 0.6) is 11.5 Å². The van der Waals surface area contributed by atoms with Crippen LogP contribution in [0.4, 0.5) is 0 Å². The highest BCUT2D eigenvalue weighted by Gasteiger charge is 2.29. The molecule has 0 bridgehead atoms. The van der Waals surface area contributed by atoms with E-state index in [9.17, 15) is 4.79 Å². The maximum Gasteiger partial charge on any atom is 0.237 e. The van der Waals surface area contributed by atoms with Crippen LogP contribution in [0.1, 0.15) is 24.8 Å². The number of hydrogen-bond donors (Lipinski definition) is 1. The van der Waals surface area contributed by atoms with Crippen molar-refractivity contribution in [3.8, 4) is 11.5 Å². The first-order valence-electron chi connectivity index (χ1n) is 7.46. The monoisotopic (exact) mass is 326 g/mol. The Bertz CT molecular complexity index is 536. The van der Waals surface area contributed by atoms with Crippen molar-refractivity contribution in [2.45, 2.75) is 31.8 Å². The second-order valence-electron chi connectivity index (χ2n) is 5.40. The Labute approximate surface area is 136 Å². The van der Waals surface area contributed by atoms with Gasteiger partial charge in [0.05, 0.1) is 20.3 Å². The van der Waals surface area contributed by atoms with E-state index in [4.69, 9.17) is 21.1 Å². The molecule has 122 valence electrons. The zero-order valence-electron chi connectivity index (χ0n) is 13.3. The Kier molecular flexibility index (Phi) is 5.91. The van der Waals surface area contributed by atoms with Crippen molar-refractivity contribution < 1.29 is 14.3 Å². The fourth-order valence-electron chi connectivity index (χ4n) is 2.99. The van der Waals surface area contributed by atoms with Gasteiger partial charge < -0.3 is 14.8 Å². The number of halogens is 1. The molecule has 5 nitrogen and oxygen atoms in total. The molecule has 22 heavy (non-hydrogen) atoms. The van der Waals surface area contributed by atoms with Crippen molar-refractivity contribution in [1.82, 2.24) is 10.2 Å². The number of amides is 1. The lowest BCUT2D eigenvalue weighted by molar-refractivity contribution is -0.127.